The Labute approximate surface area is 398 Å². The minimum absolute atomic E-state index is 0.221. The molecular weight excluding hydrogens is 847 g/mol. The second-order valence-corrected chi connectivity index (χ2v) is 19.0. The van der Waals surface area contributed by atoms with Crippen molar-refractivity contribution >= 4 is 5.91 Å². The van der Waals surface area contributed by atoms with Crippen molar-refractivity contribution in [2.45, 2.75) is 280 Å². The maximum absolute atomic E-state index is 13.2. The summed E-state index contributed by atoms with van der Waals surface area (Å²) in [6.07, 6.45) is 26.0. The van der Waals surface area contributed by atoms with Crippen molar-refractivity contribution in [1.29, 1.82) is 0 Å². The molecule has 0 spiro atoms. The lowest BCUT2D eigenvalue weighted by Gasteiger charge is -2.46. The van der Waals surface area contributed by atoms with E-state index in [1.165, 1.54) is 103 Å². The number of ether oxygens (including phenoxy) is 4. The van der Waals surface area contributed by atoms with Crippen LogP contribution in [0.4, 0.5) is 0 Å². The van der Waals surface area contributed by atoms with Crippen molar-refractivity contribution in [1.82, 2.24) is 5.32 Å². The van der Waals surface area contributed by atoms with E-state index in [-0.39, 0.29) is 18.9 Å². The molecule has 0 bridgehead atoms. The molecule has 9 N–H and O–H groups in total. The van der Waals surface area contributed by atoms with Gasteiger partial charge in [-0.25, -0.2) is 0 Å². The van der Waals surface area contributed by atoms with Gasteiger partial charge in [-0.3, -0.25) is 4.79 Å². The first kappa shape index (κ1) is 60.6. The highest BCUT2D eigenvalue weighted by Gasteiger charge is 2.51. The predicted molar refractivity (Wildman–Crippen MR) is 258 cm³/mol. The van der Waals surface area contributed by atoms with E-state index in [1.54, 1.807) is 0 Å². The van der Waals surface area contributed by atoms with Crippen molar-refractivity contribution < 1.29 is 64.6 Å². The molecule has 388 valence electrons. The summed E-state index contributed by atoms with van der Waals surface area (Å²) in [6.45, 7) is 2.81. The molecule has 2 aliphatic heterocycles. The van der Waals surface area contributed by atoms with Crippen LogP contribution in [-0.2, 0) is 23.7 Å². The number of rotatable bonds is 41. The monoisotopic (exact) mass is 944 g/mol. The summed E-state index contributed by atoms with van der Waals surface area (Å²) in [7, 11) is 0. The molecule has 1 amide bonds. The van der Waals surface area contributed by atoms with Gasteiger partial charge in [0, 0.05) is 6.42 Å². The van der Waals surface area contributed by atoms with Crippen LogP contribution in [0.25, 0.3) is 0 Å². The van der Waals surface area contributed by atoms with Crippen molar-refractivity contribution in [3.8, 4) is 0 Å². The van der Waals surface area contributed by atoms with Gasteiger partial charge in [-0.05, 0) is 38.5 Å². The number of aliphatic hydroxyl groups excluding tert-OH is 8. The Kier molecular flexibility index (Phi) is 36.0. The number of carbonyl (C=O) groups is 1. The third-order valence-corrected chi connectivity index (χ3v) is 13.2. The summed E-state index contributed by atoms with van der Waals surface area (Å²) in [6, 6.07) is -0.833. The molecule has 0 aromatic rings. The lowest BCUT2D eigenvalue weighted by molar-refractivity contribution is -0.359. The maximum Gasteiger partial charge on any atom is 0.220 e. The van der Waals surface area contributed by atoms with Crippen LogP contribution in [-0.4, -0.2) is 140 Å². The van der Waals surface area contributed by atoms with E-state index in [4.69, 9.17) is 18.9 Å². The number of allylic oxidation sites excluding steroid dienone is 4. The van der Waals surface area contributed by atoms with Crippen molar-refractivity contribution in [3.63, 3.8) is 0 Å². The summed E-state index contributed by atoms with van der Waals surface area (Å²) in [4.78, 5) is 13.2. The topological polar surface area (TPSA) is 228 Å². The molecule has 12 atom stereocenters. The Morgan fingerprint density at radius 1 is 0.545 bits per heavy atom. The van der Waals surface area contributed by atoms with Crippen LogP contribution >= 0.6 is 0 Å². The van der Waals surface area contributed by atoms with Crippen molar-refractivity contribution in [2.75, 3.05) is 19.8 Å². The number of hydrogen-bond acceptors (Lipinski definition) is 13. The van der Waals surface area contributed by atoms with Gasteiger partial charge in [-0.1, -0.05) is 186 Å². The van der Waals surface area contributed by atoms with Gasteiger partial charge in [0.15, 0.2) is 12.6 Å². The molecule has 0 aromatic heterocycles. The van der Waals surface area contributed by atoms with Gasteiger partial charge in [-0.15, -0.1) is 0 Å². The molecule has 0 saturated carbocycles. The average molecular weight is 944 g/mol. The zero-order valence-corrected chi connectivity index (χ0v) is 41.2. The first-order valence-corrected chi connectivity index (χ1v) is 26.6. The molecule has 0 aliphatic carbocycles. The number of nitrogens with one attached hydrogen (secondary N) is 1. The molecule has 0 radical (unpaired) electrons. The molecule has 2 rings (SSSR count). The highest BCUT2D eigenvalue weighted by atomic mass is 16.7. The fourth-order valence-electron chi connectivity index (χ4n) is 8.78. The van der Waals surface area contributed by atoms with Crippen molar-refractivity contribution in [2.24, 2.45) is 0 Å². The zero-order chi connectivity index (χ0) is 48.2. The van der Waals surface area contributed by atoms with Crippen LogP contribution in [0.2, 0.25) is 0 Å². The Morgan fingerprint density at radius 3 is 1.56 bits per heavy atom. The second kappa shape index (κ2) is 39.2. The van der Waals surface area contributed by atoms with E-state index >= 15 is 0 Å². The largest absolute Gasteiger partial charge is 0.394 e. The highest BCUT2D eigenvalue weighted by Crippen LogP contribution is 2.30. The Hall–Kier alpha value is -1.53. The van der Waals surface area contributed by atoms with E-state index in [9.17, 15) is 45.6 Å². The Balaban J connectivity index is 1.82. The van der Waals surface area contributed by atoms with Gasteiger partial charge in [0.2, 0.25) is 5.91 Å². The molecule has 14 nitrogen and oxygen atoms in total. The van der Waals surface area contributed by atoms with E-state index in [0.29, 0.717) is 12.8 Å². The van der Waals surface area contributed by atoms with E-state index in [0.717, 1.165) is 70.6 Å². The molecule has 66 heavy (non-hydrogen) atoms. The molecular formula is C52H97NO13. The highest BCUT2D eigenvalue weighted by molar-refractivity contribution is 5.76. The van der Waals surface area contributed by atoms with Crippen LogP contribution < -0.4 is 5.32 Å². The first-order chi connectivity index (χ1) is 32.1. The fraction of sp³-hybridized carbons (Fsp3) is 0.904. The van der Waals surface area contributed by atoms with Gasteiger partial charge in [-0.2, -0.15) is 0 Å². The standard InChI is InChI=1S/C52H97NO13/c1-3-5-7-9-11-13-15-17-19-20-21-22-23-25-27-29-31-33-35-41(56)40(53-44(57)36-34-32-30-28-26-24-18-16-14-12-10-8-6-4-2)39-63-51-49(62)47(60)50(43(38-55)65-51)66-52-48(61)46(59)45(58)42(37-54)64-52/h10,12,16,18,40-43,45-52,54-56,58-62H,3-9,11,13-15,17,19-39H2,1-2H3,(H,53,57)/b12-10-,18-16-. The number of hydrogen-bond donors (Lipinski definition) is 9. The van der Waals surface area contributed by atoms with E-state index in [1.807, 2.05) is 0 Å². The fourth-order valence-corrected chi connectivity index (χ4v) is 8.78. The summed E-state index contributed by atoms with van der Waals surface area (Å²) >= 11 is 0. The predicted octanol–water partition coefficient (Wildman–Crippen LogP) is 7.33. The number of unbranched alkanes of at least 4 members (excludes halogenated alkanes) is 24. The zero-order valence-electron chi connectivity index (χ0n) is 41.2. The normalized spacial score (nSPS) is 26.9. The first-order valence-electron chi connectivity index (χ1n) is 26.6. The van der Waals surface area contributed by atoms with Crippen LogP contribution in [0, 0.1) is 0 Å². The van der Waals surface area contributed by atoms with Crippen molar-refractivity contribution in [3.05, 3.63) is 24.3 Å². The van der Waals surface area contributed by atoms with Crippen LogP contribution in [0.3, 0.4) is 0 Å². The van der Waals surface area contributed by atoms with Gasteiger partial charge in [0.25, 0.3) is 0 Å². The number of aliphatic hydroxyl groups is 8. The third kappa shape index (κ3) is 25.9. The number of amides is 1. The summed E-state index contributed by atoms with van der Waals surface area (Å²) in [5, 5.41) is 87.0. The second-order valence-electron chi connectivity index (χ2n) is 19.0. The molecule has 12 unspecified atom stereocenters. The average Bonchev–Trinajstić information content (AvgIpc) is 3.31. The minimum Gasteiger partial charge on any atom is -0.394 e. The molecule has 2 heterocycles. The Bertz CT molecular complexity index is 1210. The molecule has 2 fully saturated rings. The summed E-state index contributed by atoms with van der Waals surface area (Å²) in [5.74, 6) is -0.221. The maximum atomic E-state index is 13.2. The van der Waals surface area contributed by atoms with Gasteiger partial charge < -0.3 is 65.1 Å². The van der Waals surface area contributed by atoms with Gasteiger partial charge in [0.05, 0.1) is 32.0 Å². The van der Waals surface area contributed by atoms with E-state index in [2.05, 4.69) is 43.5 Å². The molecule has 0 aromatic carbocycles. The Morgan fingerprint density at radius 2 is 1.02 bits per heavy atom. The molecule has 2 aliphatic rings. The van der Waals surface area contributed by atoms with Gasteiger partial charge >= 0.3 is 0 Å². The smallest absolute Gasteiger partial charge is 0.220 e. The van der Waals surface area contributed by atoms with Crippen LogP contribution in [0.5, 0.6) is 0 Å². The number of carbonyl (C=O) groups excluding carboxylic acids is 1. The van der Waals surface area contributed by atoms with Gasteiger partial charge in [0.1, 0.15) is 48.8 Å². The molecule has 14 heteroatoms. The van der Waals surface area contributed by atoms with Crippen LogP contribution in [0.1, 0.15) is 206 Å². The lowest BCUT2D eigenvalue weighted by Crippen LogP contribution is -2.65. The van der Waals surface area contributed by atoms with E-state index < -0.39 is 86.8 Å². The van der Waals surface area contributed by atoms with Crippen LogP contribution in [0.15, 0.2) is 24.3 Å². The third-order valence-electron chi connectivity index (χ3n) is 13.2. The summed E-state index contributed by atoms with van der Waals surface area (Å²) in [5.41, 5.74) is 0. The quantitative estimate of drug-likeness (QED) is 0.0216. The molecule has 2 saturated heterocycles. The SMILES string of the molecule is CCCC/C=C\C/C=C\CCCCCCCC(=O)NC(COC1OC(CO)C(OC2OC(CO)C(O)C(O)C2O)C(O)C1O)C(O)CCCCCCCCCCCCCCCCCCCC. The lowest BCUT2D eigenvalue weighted by atomic mass is 9.97. The summed E-state index contributed by atoms with van der Waals surface area (Å²) < 4.78 is 22.8. The minimum atomic E-state index is -1.78.